The van der Waals surface area contributed by atoms with Gasteiger partial charge in [-0.3, -0.25) is 0 Å². The lowest BCUT2D eigenvalue weighted by Crippen LogP contribution is -1.95. The highest BCUT2D eigenvalue weighted by Crippen LogP contribution is 2.32. The number of nitrogens with two attached hydrogens (primary N) is 1. The van der Waals surface area contributed by atoms with Gasteiger partial charge in [-0.1, -0.05) is 11.6 Å². The Kier molecular flexibility index (Phi) is 3.35. The van der Waals surface area contributed by atoms with Crippen molar-refractivity contribution < 1.29 is 4.74 Å². The van der Waals surface area contributed by atoms with Crippen molar-refractivity contribution in [3.05, 3.63) is 46.6 Å². The number of hydrogen-bond acceptors (Lipinski definition) is 4. The van der Waals surface area contributed by atoms with Crippen LogP contribution in [0.5, 0.6) is 11.6 Å². The van der Waals surface area contributed by atoms with E-state index in [0.29, 0.717) is 22.0 Å². The number of aryl methyl sites for hydroxylation is 1. The first kappa shape index (κ1) is 12.2. The quantitative estimate of drug-likeness (QED) is 0.840. The lowest BCUT2D eigenvalue weighted by atomic mass is 10.2. The maximum Gasteiger partial charge on any atom is 0.237 e. The van der Waals surface area contributed by atoms with E-state index >= 15 is 0 Å². The fraction of sp³-hybridized carbons (Fsp3) is 0.0769. The molecule has 0 radical (unpaired) electrons. The highest BCUT2D eigenvalue weighted by molar-refractivity contribution is 6.32. The van der Waals surface area contributed by atoms with E-state index in [1.54, 1.807) is 30.5 Å². The number of nitrogens with zero attached hydrogens (tertiary/aromatic N) is 2. The Morgan fingerprint density at radius 1 is 1.39 bits per heavy atom. The van der Waals surface area contributed by atoms with Crippen molar-refractivity contribution in [3.63, 3.8) is 0 Å². The number of benzene rings is 1. The Bertz CT molecular complexity index is 635. The Labute approximate surface area is 110 Å². The molecular weight excluding hydrogens is 250 g/mol. The summed E-state index contributed by atoms with van der Waals surface area (Å²) in [5.41, 5.74) is 7.37. The van der Waals surface area contributed by atoms with Crippen molar-refractivity contribution in [1.29, 1.82) is 5.26 Å². The molecule has 2 aromatic rings. The van der Waals surface area contributed by atoms with Crippen LogP contribution in [0.25, 0.3) is 0 Å². The fourth-order valence-electron chi connectivity index (χ4n) is 1.45. The molecule has 0 unspecified atom stereocenters. The van der Waals surface area contributed by atoms with Crippen LogP contribution in [0, 0.1) is 18.3 Å². The fourth-order valence-corrected chi connectivity index (χ4v) is 1.61. The van der Waals surface area contributed by atoms with E-state index in [9.17, 15) is 0 Å². The predicted octanol–water partition coefficient (Wildman–Crippen LogP) is 3.29. The molecule has 0 atom stereocenters. The molecule has 2 rings (SSSR count). The second kappa shape index (κ2) is 4.94. The maximum absolute atomic E-state index is 9.07. The topological polar surface area (TPSA) is 71.9 Å². The van der Waals surface area contributed by atoms with Crippen molar-refractivity contribution >= 4 is 17.3 Å². The van der Waals surface area contributed by atoms with Gasteiger partial charge < -0.3 is 10.5 Å². The molecule has 1 aromatic carbocycles. The summed E-state index contributed by atoms with van der Waals surface area (Å²) in [6.07, 6.45) is 1.58. The molecule has 18 heavy (non-hydrogen) atoms. The van der Waals surface area contributed by atoms with Gasteiger partial charge in [0.1, 0.15) is 17.4 Å². The van der Waals surface area contributed by atoms with Crippen molar-refractivity contribution in [2.45, 2.75) is 6.92 Å². The van der Waals surface area contributed by atoms with Crippen LogP contribution in [0.3, 0.4) is 0 Å². The van der Waals surface area contributed by atoms with Gasteiger partial charge in [0, 0.05) is 18.0 Å². The summed E-state index contributed by atoms with van der Waals surface area (Å²) in [4.78, 5) is 4.03. The van der Waals surface area contributed by atoms with Crippen LogP contribution in [0.4, 0.5) is 5.69 Å². The van der Waals surface area contributed by atoms with Gasteiger partial charge >= 0.3 is 0 Å². The molecule has 0 aliphatic rings. The molecule has 1 aromatic heterocycles. The minimum absolute atomic E-state index is 0.227. The minimum atomic E-state index is 0.227. The number of hydrogen-bond donors (Lipinski definition) is 1. The van der Waals surface area contributed by atoms with Crippen LogP contribution in [-0.4, -0.2) is 4.98 Å². The summed E-state index contributed by atoms with van der Waals surface area (Å²) in [6, 6.07) is 8.69. The molecule has 1 heterocycles. The number of anilines is 1. The molecule has 0 saturated carbocycles. The molecule has 2 N–H and O–H groups in total. The van der Waals surface area contributed by atoms with Crippen molar-refractivity contribution in [2.75, 3.05) is 5.73 Å². The summed E-state index contributed by atoms with van der Waals surface area (Å²) < 4.78 is 5.55. The van der Waals surface area contributed by atoms with Gasteiger partial charge in [0.15, 0.2) is 0 Å². The zero-order chi connectivity index (χ0) is 13.1. The molecule has 90 valence electrons. The van der Waals surface area contributed by atoms with E-state index in [-0.39, 0.29) is 5.88 Å². The number of pyridine rings is 1. The molecular formula is C13H10ClN3O. The van der Waals surface area contributed by atoms with Gasteiger partial charge in [0.2, 0.25) is 5.88 Å². The number of aromatic nitrogens is 1. The lowest BCUT2D eigenvalue weighted by Gasteiger charge is -2.09. The van der Waals surface area contributed by atoms with Crippen LogP contribution < -0.4 is 10.5 Å². The zero-order valence-corrected chi connectivity index (χ0v) is 10.4. The lowest BCUT2D eigenvalue weighted by molar-refractivity contribution is 0.461. The van der Waals surface area contributed by atoms with Crippen LogP contribution >= 0.6 is 11.6 Å². The molecule has 0 bridgehead atoms. The van der Waals surface area contributed by atoms with Gasteiger partial charge in [0.05, 0.1) is 5.02 Å². The van der Waals surface area contributed by atoms with Gasteiger partial charge in [0.25, 0.3) is 0 Å². The van der Waals surface area contributed by atoms with Crippen LogP contribution in [0.1, 0.15) is 11.1 Å². The Balaban J connectivity index is 2.44. The average molecular weight is 260 g/mol. The molecule has 0 fully saturated rings. The molecule has 0 spiro atoms. The van der Waals surface area contributed by atoms with Crippen LogP contribution in [0.2, 0.25) is 5.02 Å². The van der Waals surface area contributed by atoms with Gasteiger partial charge in [-0.25, -0.2) is 4.98 Å². The molecule has 0 amide bonds. The second-order valence-electron chi connectivity index (χ2n) is 3.71. The minimum Gasteiger partial charge on any atom is -0.436 e. The van der Waals surface area contributed by atoms with Crippen molar-refractivity contribution in [1.82, 2.24) is 4.98 Å². The summed E-state index contributed by atoms with van der Waals surface area (Å²) in [6.45, 7) is 1.81. The van der Waals surface area contributed by atoms with E-state index in [1.165, 1.54) is 0 Å². The highest BCUT2D eigenvalue weighted by Gasteiger charge is 2.11. The smallest absolute Gasteiger partial charge is 0.237 e. The van der Waals surface area contributed by atoms with E-state index in [2.05, 4.69) is 11.1 Å². The number of ether oxygens (including phenoxy) is 1. The first-order valence-corrected chi connectivity index (χ1v) is 5.58. The molecule has 4 nitrogen and oxygen atoms in total. The van der Waals surface area contributed by atoms with Crippen molar-refractivity contribution in [3.8, 4) is 17.7 Å². The Hall–Kier alpha value is -2.25. The normalized spacial score (nSPS) is 9.83. The number of nitrogen functional groups attached to an aromatic ring is 1. The summed E-state index contributed by atoms with van der Waals surface area (Å²) in [5.74, 6) is 0.608. The maximum atomic E-state index is 9.07. The number of rotatable bonds is 2. The van der Waals surface area contributed by atoms with E-state index < -0.39 is 0 Å². The van der Waals surface area contributed by atoms with Gasteiger partial charge in [-0.05, 0) is 30.7 Å². The first-order valence-electron chi connectivity index (χ1n) is 5.20. The standard InChI is InChI=1S/C13H10ClN3O/c1-8-4-5-17-13(10(8)7-15)18-12-6-9(16)2-3-11(12)14/h2-6H,16H2,1H3. The summed E-state index contributed by atoms with van der Waals surface area (Å²) in [5, 5.41) is 9.49. The third kappa shape index (κ3) is 2.36. The average Bonchev–Trinajstić information content (AvgIpc) is 2.34. The number of halogens is 1. The number of nitriles is 1. The summed E-state index contributed by atoms with van der Waals surface area (Å²) >= 11 is 5.99. The first-order chi connectivity index (χ1) is 8.61. The van der Waals surface area contributed by atoms with Crippen LogP contribution in [-0.2, 0) is 0 Å². The van der Waals surface area contributed by atoms with Crippen LogP contribution in [0.15, 0.2) is 30.5 Å². The van der Waals surface area contributed by atoms with E-state index in [1.807, 2.05) is 6.92 Å². The van der Waals surface area contributed by atoms with Crippen molar-refractivity contribution in [2.24, 2.45) is 0 Å². The third-order valence-electron chi connectivity index (χ3n) is 2.40. The SMILES string of the molecule is Cc1ccnc(Oc2cc(N)ccc2Cl)c1C#N. The third-order valence-corrected chi connectivity index (χ3v) is 2.71. The molecule has 0 aliphatic heterocycles. The monoisotopic (exact) mass is 259 g/mol. The summed E-state index contributed by atoms with van der Waals surface area (Å²) in [7, 11) is 0. The molecule has 0 saturated heterocycles. The second-order valence-corrected chi connectivity index (χ2v) is 4.12. The highest BCUT2D eigenvalue weighted by atomic mass is 35.5. The Morgan fingerprint density at radius 2 is 2.17 bits per heavy atom. The predicted molar refractivity (Wildman–Crippen MR) is 69.6 cm³/mol. The van der Waals surface area contributed by atoms with E-state index in [0.717, 1.165) is 5.56 Å². The Morgan fingerprint density at radius 3 is 2.89 bits per heavy atom. The molecule has 0 aliphatic carbocycles. The van der Waals surface area contributed by atoms with E-state index in [4.69, 9.17) is 27.3 Å². The molecule has 5 heteroatoms. The van der Waals surface area contributed by atoms with Gasteiger partial charge in [-0.15, -0.1) is 0 Å². The van der Waals surface area contributed by atoms with Gasteiger partial charge in [-0.2, -0.15) is 5.26 Å². The zero-order valence-electron chi connectivity index (χ0n) is 9.64. The largest absolute Gasteiger partial charge is 0.436 e.